The van der Waals surface area contributed by atoms with Crippen LogP contribution in [0.1, 0.15) is 26.2 Å². The summed E-state index contributed by atoms with van der Waals surface area (Å²) in [4.78, 5) is 4.55. The summed E-state index contributed by atoms with van der Waals surface area (Å²) in [6, 6.07) is 0. The summed E-state index contributed by atoms with van der Waals surface area (Å²) in [5.41, 5.74) is -0.588. The van der Waals surface area contributed by atoms with Gasteiger partial charge in [-0.2, -0.15) is 23.5 Å². The van der Waals surface area contributed by atoms with Gasteiger partial charge in [0.1, 0.15) is 0 Å². The number of hydrogen-bond acceptors (Lipinski definition) is 4. The number of nitrogens with zero attached hydrogens (tertiary/aromatic N) is 1. The molecule has 0 aliphatic carbocycles. The Labute approximate surface area is 147 Å². The second kappa shape index (κ2) is 9.63. The maximum Gasteiger partial charge on any atom is 0.191 e. The summed E-state index contributed by atoms with van der Waals surface area (Å²) < 4.78 is 0. The Morgan fingerprint density at radius 2 is 2.25 bits per heavy atom. The fourth-order valence-corrected chi connectivity index (χ4v) is 4.79. The number of hydrogen-bond donors (Lipinski definition) is 3. The van der Waals surface area contributed by atoms with E-state index in [4.69, 9.17) is 0 Å². The van der Waals surface area contributed by atoms with Crippen molar-refractivity contribution >= 4 is 53.5 Å². The van der Waals surface area contributed by atoms with E-state index in [9.17, 15) is 5.11 Å². The molecular weight excluding hydrogens is 405 g/mol. The minimum Gasteiger partial charge on any atom is -0.387 e. The van der Waals surface area contributed by atoms with Gasteiger partial charge in [0.15, 0.2) is 5.96 Å². The van der Waals surface area contributed by atoms with E-state index in [1.807, 2.05) is 23.5 Å². The third kappa shape index (κ3) is 6.19. The quantitative estimate of drug-likeness (QED) is 0.353. The van der Waals surface area contributed by atoms with Crippen molar-refractivity contribution in [1.29, 1.82) is 0 Å². The lowest BCUT2D eigenvalue weighted by atomic mass is 10.1. The molecule has 2 unspecified atom stereocenters. The van der Waals surface area contributed by atoms with E-state index in [-0.39, 0.29) is 24.0 Å². The van der Waals surface area contributed by atoms with Gasteiger partial charge < -0.3 is 15.7 Å². The molecule has 3 N–H and O–H groups in total. The van der Waals surface area contributed by atoms with Gasteiger partial charge in [-0.3, -0.25) is 4.99 Å². The third-order valence-electron chi connectivity index (χ3n) is 3.48. The largest absolute Gasteiger partial charge is 0.387 e. The van der Waals surface area contributed by atoms with E-state index in [1.54, 1.807) is 0 Å². The van der Waals surface area contributed by atoms with Crippen molar-refractivity contribution in [1.82, 2.24) is 10.6 Å². The molecule has 0 aromatic heterocycles. The predicted molar refractivity (Wildman–Crippen MR) is 102 cm³/mol. The monoisotopic (exact) mass is 431 g/mol. The highest BCUT2D eigenvalue weighted by Crippen LogP contribution is 2.28. The van der Waals surface area contributed by atoms with Crippen LogP contribution in [0.4, 0.5) is 0 Å². The second-order valence-corrected chi connectivity index (χ2v) is 7.75. The van der Waals surface area contributed by atoms with Gasteiger partial charge in [-0.05, 0) is 37.7 Å². The zero-order valence-corrected chi connectivity index (χ0v) is 16.0. The molecule has 2 aliphatic heterocycles. The minimum atomic E-state index is -0.588. The Morgan fingerprint density at radius 3 is 2.85 bits per heavy atom. The molecule has 20 heavy (non-hydrogen) atoms. The molecule has 0 aromatic carbocycles. The van der Waals surface area contributed by atoms with Crippen molar-refractivity contribution in [2.75, 3.05) is 36.9 Å². The molecule has 7 heteroatoms. The summed E-state index contributed by atoms with van der Waals surface area (Å²) in [6.07, 6.45) is 3.50. The number of guanidine groups is 1. The Balaban J connectivity index is 0.00000200. The highest BCUT2D eigenvalue weighted by molar-refractivity contribution is 14.0. The number of nitrogens with one attached hydrogen (secondary N) is 2. The molecule has 0 spiro atoms. The van der Waals surface area contributed by atoms with E-state index in [1.165, 1.54) is 18.6 Å². The minimum absolute atomic E-state index is 0. The fraction of sp³-hybridized carbons (Fsp3) is 0.923. The van der Waals surface area contributed by atoms with Crippen LogP contribution in [0.5, 0.6) is 0 Å². The van der Waals surface area contributed by atoms with Crippen LogP contribution in [0.15, 0.2) is 4.99 Å². The van der Waals surface area contributed by atoms with E-state index >= 15 is 0 Å². The van der Waals surface area contributed by atoms with Gasteiger partial charge in [0.05, 0.1) is 12.1 Å². The average Bonchev–Trinajstić information content (AvgIpc) is 3.05. The first kappa shape index (κ1) is 18.7. The normalized spacial score (nSPS) is 30.1. The molecule has 2 saturated heterocycles. The molecule has 2 rings (SSSR count). The molecular formula is C13H26IN3OS2. The molecule has 2 atom stereocenters. The summed E-state index contributed by atoms with van der Waals surface area (Å²) in [5.74, 6) is 4.00. The molecule has 2 aliphatic rings. The Morgan fingerprint density at radius 1 is 1.40 bits per heavy atom. The van der Waals surface area contributed by atoms with Gasteiger partial charge in [0.2, 0.25) is 0 Å². The molecule has 118 valence electrons. The van der Waals surface area contributed by atoms with Crippen molar-refractivity contribution in [2.24, 2.45) is 4.99 Å². The van der Waals surface area contributed by atoms with Crippen molar-refractivity contribution in [2.45, 2.75) is 37.0 Å². The Hall–Kier alpha value is 0.660. The van der Waals surface area contributed by atoms with Crippen LogP contribution < -0.4 is 10.6 Å². The van der Waals surface area contributed by atoms with Crippen LogP contribution in [0, 0.1) is 0 Å². The van der Waals surface area contributed by atoms with Crippen LogP contribution in [0.3, 0.4) is 0 Å². The molecule has 4 nitrogen and oxygen atoms in total. The highest BCUT2D eigenvalue weighted by Gasteiger charge is 2.31. The van der Waals surface area contributed by atoms with Gasteiger partial charge in [-0.15, -0.1) is 24.0 Å². The first-order valence-corrected chi connectivity index (χ1v) is 9.36. The molecule has 2 fully saturated rings. The molecule has 0 aromatic rings. The Bertz CT molecular complexity index is 306. The maximum atomic E-state index is 10.3. The number of halogens is 1. The average molecular weight is 431 g/mol. The van der Waals surface area contributed by atoms with Crippen LogP contribution in [-0.4, -0.2) is 58.8 Å². The third-order valence-corrected chi connectivity index (χ3v) is 6.11. The summed E-state index contributed by atoms with van der Waals surface area (Å²) >= 11 is 3.86. The van der Waals surface area contributed by atoms with Gasteiger partial charge in [-0.1, -0.05) is 0 Å². The molecule has 2 heterocycles. The number of aliphatic imine (C=N–C) groups is 1. The predicted octanol–water partition coefficient (Wildman–Crippen LogP) is 1.92. The van der Waals surface area contributed by atoms with E-state index in [0.717, 1.165) is 37.0 Å². The van der Waals surface area contributed by atoms with E-state index in [0.29, 0.717) is 11.8 Å². The molecule has 0 bridgehead atoms. The number of rotatable bonds is 5. The SMILES string of the molecule is CCNC(=NCC1(O)CCSC1)NCC1CCCS1.I. The maximum absolute atomic E-state index is 10.3. The van der Waals surface area contributed by atoms with Gasteiger partial charge in [-0.25, -0.2) is 0 Å². The smallest absolute Gasteiger partial charge is 0.191 e. The first-order chi connectivity index (χ1) is 9.22. The molecule has 0 amide bonds. The van der Waals surface area contributed by atoms with Crippen LogP contribution in [0.2, 0.25) is 0 Å². The standard InChI is InChI=1S/C13H25N3OS2.HI/c1-2-14-12(15-8-11-4-3-6-19-11)16-9-13(17)5-7-18-10-13;/h11,17H,2-10H2,1H3,(H2,14,15,16);1H. The van der Waals surface area contributed by atoms with Crippen molar-refractivity contribution < 1.29 is 5.11 Å². The van der Waals surface area contributed by atoms with Crippen LogP contribution in [0.25, 0.3) is 0 Å². The van der Waals surface area contributed by atoms with Gasteiger partial charge >= 0.3 is 0 Å². The first-order valence-electron chi connectivity index (χ1n) is 7.16. The van der Waals surface area contributed by atoms with E-state index in [2.05, 4.69) is 22.5 Å². The number of aliphatic hydroxyl groups is 1. The van der Waals surface area contributed by atoms with Crippen LogP contribution in [-0.2, 0) is 0 Å². The summed E-state index contributed by atoms with van der Waals surface area (Å²) in [5, 5.41) is 17.7. The van der Waals surface area contributed by atoms with E-state index < -0.39 is 5.60 Å². The van der Waals surface area contributed by atoms with Crippen molar-refractivity contribution in [3.05, 3.63) is 0 Å². The Kier molecular flexibility index (Phi) is 9.01. The number of thioether (sulfide) groups is 2. The topological polar surface area (TPSA) is 56.7 Å². The molecule has 0 saturated carbocycles. The lowest BCUT2D eigenvalue weighted by molar-refractivity contribution is 0.0778. The lowest BCUT2D eigenvalue weighted by Gasteiger charge is -2.20. The molecule has 0 radical (unpaired) electrons. The zero-order chi connectivity index (χ0) is 13.6. The van der Waals surface area contributed by atoms with Crippen LogP contribution >= 0.6 is 47.5 Å². The highest BCUT2D eigenvalue weighted by atomic mass is 127. The van der Waals surface area contributed by atoms with Crippen molar-refractivity contribution in [3.8, 4) is 0 Å². The summed E-state index contributed by atoms with van der Waals surface area (Å²) in [6.45, 7) is 4.41. The van der Waals surface area contributed by atoms with Gasteiger partial charge in [0, 0.05) is 24.1 Å². The zero-order valence-electron chi connectivity index (χ0n) is 12.1. The summed E-state index contributed by atoms with van der Waals surface area (Å²) in [7, 11) is 0. The second-order valence-electron chi connectivity index (χ2n) is 5.24. The van der Waals surface area contributed by atoms with Gasteiger partial charge in [0.25, 0.3) is 0 Å². The van der Waals surface area contributed by atoms with Crippen molar-refractivity contribution in [3.63, 3.8) is 0 Å². The lowest BCUT2D eigenvalue weighted by Crippen LogP contribution is -2.42. The fourth-order valence-electron chi connectivity index (χ4n) is 2.30.